The van der Waals surface area contributed by atoms with E-state index >= 15 is 0 Å². The smallest absolute Gasteiger partial charge is 0.261 e. The number of carbonyl (C=O) groups excluding carboxylic acids is 2. The Bertz CT molecular complexity index is 1040. The Morgan fingerprint density at radius 2 is 1.57 bits per heavy atom. The maximum atomic E-state index is 12.4. The maximum absolute atomic E-state index is 12.4. The molecule has 0 fully saturated rings. The van der Waals surface area contributed by atoms with Gasteiger partial charge in [-0.05, 0) is 50.2 Å². The number of fused-ring (bicyclic) bond motifs is 1. The maximum Gasteiger partial charge on any atom is 0.261 e. The van der Waals surface area contributed by atoms with Crippen molar-refractivity contribution in [1.29, 1.82) is 0 Å². The summed E-state index contributed by atoms with van der Waals surface area (Å²) in [4.78, 5) is 36.1. The molecule has 2 aliphatic rings. The molecule has 2 aromatic carbocycles. The molecule has 2 heterocycles. The minimum Gasteiger partial charge on any atom is -0.492 e. The summed E-state index contributed by atoms with van der Waals surface area (Å²) < 4.78 is 5.73. The van der Waals surface area contributed by atoms with E-state index in [0.29, 0.717) is 16.9 Å². The molecule has 2 aliphatic heterocycles. The Kier molecular flexibility index (Phi) is 4.65. The lowest BCUT2D eigenvalue weighted by atomic mass is 10.1. The van der Waals surface area contributed by atoms with Crippen LogP contribution >= 0.6 is 0 Å². The van der Waals surface area contributed by atoms with Crippen molar-refractivity contribution in [1.82, 2.24) is 4.90 Å². The normalized spacial score (nSPS) is 17.5. The molecule has 9 heteroatoms. The van der Waals surface area contributed by atoms with E-state index in [1.54, 1.807) is 41.3 Å². The van der Waals surface area contributed by atoms with Gasteiger partial charge in [-0.15, -0.1) is 0 Å². The first-order chi connectivity index (χ1) is 14.3. The van der Waals surface area contributed by atoms with Gasteiger partial charge in [0, 0.05) is 5.69 Å². The number of nitrogens with two attached hydrogens (primary N) is 2. The van der Waals surface area contributed by atoms with E-state index < -0.39 is 5.66 Å². The fourth-order valence-corrected chi connectivity index (χ4v) is 3.64. The summed E-state index contributed by atoms with van der Waals surface area (Å²) in [5.41, 5.74) is 12.7. The molecule has 2 aromatic rings. The van der Waals surface area contributed by atoms with E-state index in [1.807, 2.05) is 26.0 Å². The Morgan fingerprint density at radius 1 is 0.967 bits per heavy atom. The number of amides is 2. The lowest BCUT2D eigenvalue weighted by Gasteiger charge is -2.38. The van der Waals surface area contributed by atoms with Crippen molar-refractivity contribution in [2.75, 3.05) is 18.1 Å². The van der Waals surface area contributed by atoms with Gasteiger partial charge in [0.1, 0.15) is 18.0 Å². The van der Waals surface area contributed by atoms with Gasteiger partial charge in [-0.3, -0.25) is 19.4 Å². The fraction of sp³-hybridized carbons (Fsp3) is 0.238. The van der Waals surface area contributed by atoms with Gasteiger partial charge in [-0.1, -0.05) is 12.1 Å². The van der Waals surface area contributed by atoms with Crippen LogP contribution in [0.2, 0.25) is 0 Å². The minimum atomic E-state index is -0.677. The standard InChI is InChI=1S/C21H22N6O3/c1-21(2)25-19(22)24-20(23)27(21)13-7-9-14(10-8-13)30-12-11-26-17(28)15-5-3-4-6-16(15)18(26)29/h3-10H,11-12H2,1-2H3,(H4,22,23,24,25). The zero-order valence-electron chi connectivity index (χ0n) is 16.7. The van der Waals surface area contributed by atoms with Crippen molar-refractivity contribution in [3.05, 3.63) is 59.7 Å². The number of carbonyl (C=O) groups is 2. The third kappa shape index (κ3) is 3.34. The molecule has 0 bridgehead atoms. The lowest BCUT2D eigenvalue weighted by Crippen LogP contribution is -2.54. The van der Waals surface area contributed by atoms with E-state index in [9.17, 15) is 9.59 Å². The number of ether oxygens (including phenoxy) is 1. The first kappa shape index (κ1) is 19.4. The van der Waals surface area contributed by atoms with Crippen molar-refractivity contribution < 1.29 is 14.3 Å². The van der Waals surface area contributed by atoms with Gasteiger partial charge in [0.2, 0.25) is 11.9 Å². The van der Waals surface area contributed by atoms with Crippen LogP contribution < -0.4 is 21.1 Å². The van der Waals surface area contributed by atoms with Crippen LogP contribution in [0.25, 0.3) is 0 Å². The number of benzene rings is 2. The molecule has 4 rings (SSSR count). The van der Waals surface area contributed by atoms with Gasteiger partial charge in [0.05, 0.1) is 17.7 Å². The van der Waals surface area contributed by atoms with Crippen LogP contribution in [0.5, 0.6) is 5.75 Å². The van der Waals surface area contributed by atoms with Gasteiger partial charge in [-0.2, -0.15) is 4.99 Å². The van der Waals surface area contributed by atoms with Gasteiger partial charge in [-0.25, -0.2) is 4.99 Å². The van der Waals surface area contributed by atoms with Crippen LogP contribution in [-0.4, -0.2) is 47.4 Å². The molecule has 9 nitrogen and oxygen atoms in total. The molecule has 0 unspecified atom stereocenters. The van der Waals surface area contributed by atoms with Crippen LogP contribution in [0.15, 0.2) is 58.5 Å². The molecule has 154 valence electrons. The lowest BCUT2D eigenvalue weighted by molar-refractivity contribution is 0.0631. The van der Waals surface area contributed by atoms with E-state index in [4.69, 9.17) is 16.2 Å². The number of imide groups is 1. The second kappa shape index (κ2) is 7.18. The SMILES string of the molecule is CC1(C)N=C(N)N=C(N)N1c1ccc(OCCN2C(=O)c3ccccc3C2=O)cc1. The van der Waals surface area contributed by atoms with Crippen molar-refractivity contribution in [2.45, 2.75) is 19.5 Å². The monoisotopic (exact) mass is 406 g/mol. The average Bonchev–Trinajstić information content (AvgIpc) is 2.93. The van der Waals surface area contributed by atoms with Gasteiger partial charge >= 0.3 is 0 Å². The molecular formula is C21H22N6O3. The van der Waals surface area contributed by atoms with Crippen molar-refractivity contribution in [2.24, 2.45) is 21.5 Å². The molecule has 2 amide bonds. The number of hydrogen-bond donors (Lipinski definition) is 2. The molecule has 0 saturated carbocycles. The summed E-state index contributed by atoms with van der Waals surface area (Å²) in [5.74, 6) is 0.408. The quantitative estimate of drug-likeness (QED) is 0.726. The third-order valence-electron chi connectivity index (χ3n) is 4.95. The largest absolute Gasteiger partial charge is 0.492 e. The molecule has 0 radical (unpaired) electrons. The summed E-state index contributed by atoms with van der Waals surface area (Å²) in [6.07, 6.45) is 0. The Labute approximate surface area is 173 Å². The zero-order chi connectivity index (χ0) is 21.5. The van der Waals surface area contributed by atoms with E-state index in [2.05, 4.69) is 9.98 Å². The number of anilines is 1. The topological polar surface area (TPSA) is 127 Å². The number of guanidine groups is 2. The number of rotatable bonds is 5. The van der Waals surface area contributed by atoms with Crippen LogP contribution in [0.3, 0.4) is 0 Å². The molecule has 0 aromatic heterocycles. The Hall–Kier alpha value is -3.88. The van der Waals surface area contributed by atoms with Crippen molar-refractivity contribution in [3.63, 3.8) is 0 Å². The highest BCUT2D eigenvalue weighted by atomic mass is 16.5. The Balaban J connectivity index is 1.39. The molecule has 30 heavy (non-hydrogen) atoms. The predicted molar refractivity (Wildman–Crippen MR) is 114 cm³/mol. The van der Waals surface area contributed by atoms with E-state index in [-0.39, 0.29) is 36.9 Å². The van der Waals surface area contributed by atoms with Gasteiger partial charge in [0.15, 0.2) is 0 Å². The van der Waals surface area contributed by atoms with Crippen LogP contribution in [0.1, 0.15) is 34.6 Å². The molecule has 0 spiro atoms. The zero-order valence-corrected chi connectivity index (χ0v) is 16.7. The van der Waals surface area contributed by atoms with Crippen LogP contribution in [0.4, 0.5) is 5.69 Å². The molecule has 0 atom stereocenters. The number of hydrogen-bond acceptors (Lipinski definition) is 8. The summed E-state index contributed by atoms with van der Waals surface area (Å²) in [5, 5.41) is 0. The fourth-order valence-electron chi connectivity index (χ4n) is 3.64. The van der Waals surface area contributed by atoms with Crippen molar-refractivity contribution >= 4 is 29.4 Å². The highest BCUT2D eigenvalue weighted by Crippen LogP contribution is 2.29. The Morgan fingerprint density at radius 3 is 2.13 bits per heavy atom. The second-order valence-electron chi connectivity index (χ2n) is 7.42. The molecular weight excluding hydrogens is 384 g/mol. The van der Waals surface area contributed by atoms with Gasteiger partial charge < -0.3 is 16.2 Å². The first-order valence-corrected chi connectivity index (χ1v) is 9.46. The van der Waals surface area contributed by atoms with Crippen LogP contribution in [-0.2, 0) is 0 Å². The average molecular weight is 406 g/mol. The summed E-state index contributed by atoms with van der Waals surface area (Å²) in [6, 6.07) is 14.0. The molecule has 0 aliphatic carbocycles. The molecule has 4 N–H and O–H groups in total. The number of nitrogens with zero attached hydrogens (tertiary/aromatic N) is 4. The summed E-state index contributed by atoms with van der Waals surface area (Å²) in [7, 11) is 0. The van der Waals surface area contributed by atoms with Gasteiger partial charge in [0.25, 0.3) is 11.8 Å². The minimum absolute atomic E-state index is 0.141. The van der Waals surface area contributed by atoms with Crippen molar-refractivity contribution in [3.8, 4) is 5.75 Å². The van der Waals surface area contributed by atoms with E-state index in [1.165, 1.54) is 4.90 Å². The predicted octanol–water partition coefficient (Wildman–Crippen LogP) is 1.55. The number of aliphatic imine (C=N–C) groups is 2. The van der Waals surface area contributed by atoms with Crippen LogP contribution in [0, 0.1) is 0 Å². The second-order valence-corrected chi connectivity index (χ2v) is 7.42. The van der Waals surface area contributed by atoms with E-state index in [0.717, 1.165) is 5.69 Å². The molecule has 0 saturated heterocycles. The third-order valence-corrected chi connectivity index (χ3v) is 4.95. The summed E-state index contributed by atoms with van der Waals surface area (Å²) in [6.45, 7) is 4.12. The summed E-state index contributed by atoms with van der Waals surface area (Å²) >= 11 is 0. The highest BCUT2D eigenvalue weighted by molar-refractivity contribution is 6.21. The highest BCUT2D eigenvalue weighted by Gasteiger charge is 2.35. The first-order valence-electron chi connectivity index (χ1n) is 9.46.